The summed E-state index contributed by atoms with van der Waals surface area (Å²) in [6, 6.07) is 7.18. The van der Waals surface area contributed by atoms with E-state index in [-0.39, 0.29) is 11.5 Å². The highest BCUT2D eigenvalue weighted by molar-refractivity contribution is 5.77. The van der Waals surface area contributed by atoms with Crippen LogP contribution in [0.3, 0.4) is 0 Å². The van der Waals surface area contributed by atoms with Gasteiger partial charge in [0.2, 0.25) is 6.04 Å². The van der Waals surface area contributed by atoms with E-state index in [4.69, 9.17) is 4.74 Å². The molecule has 0 unspecified atom stereocenters. The molecule has 0 radical (unpaired) electrons. The average Bonchev–Trinajstić information content (AvgIpc) is 2.89. The van der Waals surface area contributed by atoms with Crippen LogP contribution in [0.1, 0.15) is 39.3 Å². The van der Waals surface area contributed by atoms with Crippen LogP contribution >= 0.6 is 0 Å². The van der Waals surface area contributed by atoms with Gasteiger partial charge in [-0.05, 0) is 17.9 Å². The van der Waals surface area contributed by atoms with Gasteiger partial charge in [0.1, 0.15) is 12.1 Å². The number of benzene rings is 1. The SMILES string of the molecule is CCOC(=O)[C@H]1N[C@@H](c2ccccc2)[C@H]([N+](=O)[O-])[C@H]1C(C)(C)C. The summed E-state index contributed by atoms with van der Waals surface area (Å²) in [6.07, 6.45) is 0. The molecule has 6 heteroatoms. The lowest BCUT2D eigenvalue weighted by Crippen LogP contribution is -2.45. The van der Waals surface area contributed by atoms with Crippen molar-refractivity contribution >= 4 is 5.97 Å². The van der Waals surface area contributed by atoms with Gasteiger partial charge in [0, 0.05) is 4.92 Å². The summed E-state index contributed by atoms with van der Waals surface area (Å²) in [5.41, 5.74) is 0.404. The van der Waals surface area contributed by atoms with Crippen LogP contribution in [-0.4, -0.2) is 29.6 Å². The van der Waals surface area contributed by atoms with Crippen molar-refractivity contribution in [1.82, 2.24) is 5.32 Å². The fourth-order valence-corrected chi connectivity index (χ4v) is 3.47. The molecule has 0 aliphatic carbocycles. The highest BCUT2D eigenvalue weighted by atomic mass is 16.6. The monoisotopic (exact) mass is 320 g/mol. The average molecular weight is 320 g/mol. The molecule has 1 saturated heterocycles. The standard InChI is InChI=1S/C17H24N2O4/c1-5-23-16(20)14-12(17(2,3)4)15(19(21)22)13(18-14)11-9-7-6-8-10-11/h6-10,12-15,18H,5H2,1-4H3/t12-,13-,14-,15+/m0/s1. The molecular formula is C17H24N2O4. The van der Waals surface area contributed by atoms with Gasteiger partial charge >= 0.3 is 5.97 Å². The Balaban J connectivity index is 2.45. The topological polar surface area (TPSA) is 81.5 Å². The van der Waals surface area contributed by atoms with E-state index in [1.807, 2.05) is 51.1 Å². The summed E-state index contributed by atoms with van der Waals surface area (Å²) in [4.78, 5) is 23.9. The molecule has 6 nitrogen and oxygen atoms in total. The Labute approximate surface area is 136 Å². The van der Waals surface area contributed by atoms with Gasteiger partial charge in [-0.3, -0.25) is 20.2 Å². The summed E-state index contributed by atoms with van der Waals surface area (Å²) in [5.74, 6) is -0.875. The molecule has 1 aromatic carbocycles. The Morgan fingerprint density at radius 3 is 2.39 bits per heavy atom. The molecule has 126 valence electrons. The fourth-order valence-electron chi connectivity index (χ4n) is 3.47. The largest absolute Gasteiger partial charge is 0.465 e. The maximum Gasteiger partial charge on any atom is 0.323 e. The van der Waals surface area contributed by atoms with Crippen molar-refractivity contribution in [3.63, 3.8) is 0 Å². The normalized spacial score (nSPS) is 27.7. The molecule has 1 N–H and O–H groups in total. The third kappa shape index (κ3) is 3.52. The third-order valence-corrected chi connectivity index (χ3v) is 4.37. The summed E-state index contributed by atoms with van der Waals surface area (Å²) >= 11 is 0. The van der Waals surface area contributed by atoms with E-state index in [9.17, 15) is 14.9 Å². The van der Waals surface area contributed by atoms with Crippen LogP contribution in [-0.2, 0) is 9.53 Å². The lowest BCUT2D eigenvalue weighted by molar-refractivity contribution is -0.535. The molecule has 1 aliphatic heterocycles. The molecule has 0 saturated carbocycles. The molecule has 2 rings (SSSR count). The first-order valence-electron chi connectivity index (χ1n) is 7.88. The quantitative estimate of drug-likeness (QED) is 0.524. The second-order valence-corrected chi connectivity index (χ2v) is 6.95. The molecular weight excluding hydrogens is 296 g/mol. The second-order valence-electron chi connectivity index (χ2n) is 6.95. The van der Waals surface area contributed by atoms with Crippen LogP contribution in [0.4, 0.5) is 0 Å². The minimum absolute atomic E-state index is 0.257. The first kappa shape index (κ1) is 17.4. The zero-order chi connectivity index (χ0) is 17.2. The predicted molar refractivity (Wildman–Crippen MR) is 86.5 cm³/mol. The number of rotatable bonds is 4. The molecule has 4 atom stereocenters. The predicted octanol–water partition coefficient (Wildman–Crippen LogP) is 2.57. The number of hydrogen-bond acceptors (Lipinski definition) is 5. The Morgan fingerprint density at radius 2 is 1.91 bits per heavy atom. The number of carbonyl (C=O) groups is 1. The highest BCUT2D eigenvalue weighted by Gasteiger charge is 2.58. The number of carbonyl (C=O) groups excluding carboxylic acids is 1. The minimum Gasteiger partial charge on any atom is -0.465 e. The molecule has 1 aliphatic rings. The summed E-state index contributed by atoms with van der Waals surface area (Å²) in [6.45, 7) is 7.77. The third-order valence-electron chi connectivity index (χ3n) is 4.37. The maximum absolute atomic E-state index is 12.3. The van der Waals surface area contributed by atoms with Crippen molar-refractivity contribution in [3.8, 4) is 0 Å². The summed E-state index contributed by atoms with van der Waals surface area (Å²) < 4.78 is 5.14. The van der Waals surface area contributed by atoms with Crippen LogP contribution in [0.15, 0.2) is 30.3 Å². The van der Waals surface area contributed by atoms with Crippen molar-refractivity contribution < 1.29 is 14.5 Å². The second kappa shape index (κ2) is 6.66. The van der Waals surface area contributed by atoms with E-state index in [2.05, 4.69) is 5.32 Å². The lowest BCUT2D eigenvalue weighted by Gasteiger charge is -2.31. The van der Waals surface area contributed by atoms with Gasteiger partial charge in [0.25, 0.3) is 0 Å². The van der Waals surface area contributed by atoms with E-state index in [1.165, 1.54) is 0 Å². The van der Waals surface area contributed by atoms with Gasteiger partial charge < -0.3 is 4.74 Å². The van der Waals surface area contributed by atoms with Crippen molar-refractivity contribution in [2.24, 2.45) is 11.3 Å². The van der Waals surface area contributed by atoms with Gasteiger partial charge in [-0.1, -0.05) is 51.1 Å². The smallest absolute Gasteiger partial charge is 0.323 e. The van der Waals surface area contributed by atoms with Crippen LogP contribution < -0.4 is 5.32 Å². The molecule has 0 spiro atoms. The molecule has 0 bridgehead atoms. The van der Waals surface area contributed by atoms with Gasteiger partial charge in [-0.2, -0.15) is 0 Å². The molecule has 1 fully saturated rings. The molecule has 1 aromatic rings. The van der Waals surface area contributed by atoms with E-state index >= 15 is 0 Å². The Kier molecular flexibility index (Phi) is 5.04. The number of nitrogens with zero attached hydrogens (tertiary/aromatic N) is 1. The zero-order valence-corrected chi connectivity index (χ0v) is 14.0. The van der Waals surface area contributed by atoms with Crippen LogP contribution in [0.5, 0.6) is 0 Å². The first-order chi connectivity index (χ1) is 10.8. The highest BCUT2D eigenvalue weighted by Crippen LogP contribution is 2.43. The zero-order valence-electron chi connectivity index (χ0n) is 14.0. The van der Waals surface area contributed by atoms with Crippen molar-refractivity contribution in [2.45, 2.75) is 45.8 Å². The minimum atomic E-state index is -0.883. The van der Waals surface area contributed by atoms with Gasteiger partial charge in [-0.25, -0.2) is 0 Å². The van der Waals surface area contributed by atoms with Crippen molar-refractivity contribution in [2.75, 3.05) is 6.61 Å². The first-order valence-corrected chi connectivity index (χ1v) is 7.88. The number of hydrogen-bond donors (Lipinski definition) is 1. The molecule has 1 heterocycles. The van der Waals surface area contributed by atoms with Gasteiger partial charge in [0.15, 0.2) is 0 Å². The van der Waals surface area contributed by atoms with Gasteiger partial charge in [-0.15, -0.1) is 0 Å². The Morgan fingerprint density at radius 1 is 1.30 bits per heavy atom. The number of nitrogens with one attached hydrogen (secondary N) is 1. The number of ether oxygens (including phenoxy) is 1. The van der Waals surface area contributed by atoms with E-state index < -0.39 is 35.4 Å². The van der Waals surface area contributed by atoms with Crippen molar-refractivity contribution in [1.29, 1.82) is 0 Å². The molecule has 0 amide bonds. The lowest BCUT2D eigenvalue weighted by atomic mass is 9.73. The summed E-state index contributed by atoms with van der Waals surface area (Å²) in [5, 5.41) is 14.9. The van der Waals surface area contributed by atoms with E-state index in [0.717, 1.165) is 5.56 Å². The van der Waals surface area contributed by atoms with Gasteiger partial charge in [0.05, 0.1) is 12.5 Å². The van der Waals surface area contributed by atoms with Crippen LogP contribution in [0.2, 0.25) is 0 Å². The number of nitro groups is 1. The number of esters is 1. The maximum atomic E-state index is 12.3. The molecule has 0 aromatic heterocycles. The van der Waals surface area contributed by atoms with Crippen LogP contribution in [0, 0.1) is 21.4 Å². The van der Waals surface area contributed by atoms with Crippen molar-refractivity contribution in [3.05, 3.63) is 46.0 Å². The summed E-state index contributed by atoms with van der Waals surface area (Å²) in [7, 11) is 0. The molecule has 23 heavy (non-hydrogen) atoms. The van der Waals surface area contributed by atoms with Crippen LogP contribution in [0.25, 0.3) is 0 Å². The Bertz CT molecular complexity index is 568. The fraction of sp³-hybridized carbons (Fsp3) is 0.588. The van der Waals surface area contributed by atoms with E-state index in [0.29, 0.717) is 0 Å². The Hall–Kier alpha value is -1.95. The van der Waals surface area contributed by atoms with E-state index in [1.54, 1.807) is 6.92 Å².